The highest BCUT2D eigenvalue weighted by Crippen LogP contribution is 2.20. The summed E-state index contributed by atoms with van der Waals surface area (Å²) in [5.74, 6) is 0.714. The Labute approximate surface area is 151 Å². The largest absolute Gasteiger partial charge is 0.352 e. The first-order valence-corrected chi connectivity index (χ1v) is 9.10. The lowest BCUT2D eigenvalue weighted by Gasteiger charge is -2.07. The summed E-state index contributed by atoms with van der Waals surface area (Å²) >= 11 is 1.60. The van der Waals surface area contributed by atoms with Crippen LogP contribution in [0.1, 0.15) is 21.5 Å². The van der Waals surface area contributed by atoms with Gasteiger partial charge in [-0.15, -0.1) is 11.8 Å². The van der Waals surface area contributed by atoms with Crippen LogP contribution < -0.4 is 5.32 Å². The van der Waals surface area contributed by atoms with E-state index in [1.807, 2.05) is 42.5 Å². The van der Waals surface area contributed by atoms with E-state index in [0.717, 1.165) is 22.8 Å². The van der Waals surface area contributed by atoms with E-state index in [0.29, 0.717) is 12.1 Å². The van der Waals surface area contributed by atoms with Crippen LogP contribution in [0, 0.1) is 0 Å². The molecule has 0 atom stereocenters. The van der Waals surface area contributed by atoms with Gasteiger partial charge >= 0.3 is 0 Å². The average Bonchev–Trinajstić information content (AvgIpc) is 2.68. The van der Waals surface area contributed by atoms with Crippen molar-refractivity contribution < 1.29 is 4.79 Å². The minimum Gasteiger partial charge on any atom is -0.352 e. The van der Waals surface area contributed by atoms with E-state index in [2.05, 4.69) is 27.4 Å². The summed E-state index contributed by atoms with van der Waals surface area (Å²) in [7, 11) is 0. The predicted molar refractivity (Wildman–Crippen MR) is 101 cm³/mol. The second kappa shape index (κ2) is 8.99. The molecule has 126 valence electrons. The molecule has 1 amide bonds. The maximum Gasteiger partial charge on any atom is 0.251 e. The van der Waals surface area contributed by atoms with Gasteiger partial charge in [-0.3, -0.25) is 9.78 Å². The molecule has 2 aromatic carbocycles. The number of hydrogen-bond donors (Lipinski definition) is 1. The number of amides is 1. The Kier molecular flexibility index (Phi) is 6.17. The molecule has 4 nitrogen and oxygen atoms in total. The maximum absolute atomic E-state index is 12.3. The lowest BCUT2D eigenvalue weighted by molar-refractivity contribution is 0.0954. The van der Waals surface area contributed by atoms with E-state index < -0.39 is 0 Å². The average molecular weight is 349 g/mol. The second-order valence-electron chi connectivity index (χ2n) is 5.52. The van der Waals surface area contributed by atoms with Crippen molar-refractivity contribution in [1.29, 1.82) is 0 Å². The number of benzene rings is 2. The van der Waals surface area contributed by atoms with Gasteiger partial charge in [0, 0.05) is 30.3 Å². The minimum absolute atomic E-state index is 0.0396. The van der Waals surface area contributed by atoms with Crippen LogP contribution in [0.3, 0.4) is 0 Å². The molecule has 0 bridgehead atoms. The summed E-state index contributed by atoms with van der Waals surface area (Å²) in [6.45, 7) is 0.626. The van der Waals surface area contributed by atoms with Gasteiger partial charge in [0.2, 0.25) is 0 Å². The van der Waals surface area contributed by atoms with E-state index in [1.54, 1.807) is 30.4 Å². The van der Waals surface area contributed by atoms with Gasteiger partial charge in [0.05, 0.1) is 6.20 Å². The van der Waals surface area contributed by atoms with Crippen LogP contribution in [0.15, 0.2) is 78.2 Å². The van der Waals surface area contributed by atoms with E-state index in [-0.39, 0.29) is 5.91 Å². The Morgan fingerprint density at radius 3 is 2.64 bits per heavy atom. The summed E-state index contributed by atoms with van der Waals surface area (Å²) in [6.07, 6.45) is 5.91. The Morgan fingerprint density at radius 1 is 1.00 bits per heavy atom. The monoisotopic (exact) mass is 349 g/mol. The molecular formula is C20H19N3OS. The summed E-state index contributed by atoms with van der Waals surface area (Å²) < 4.78 is 0. The molecule has 1 aromatic heterocycles. The Bertz CT molecular complexity index is 809. The molecule has 0 aliphatic carbocycles. The number of hydrogen-bond acceptors (Lipinski definition) is 4. The molecule has 3 aromatic rings. The fourth-order valence-electron chi connectivity index (χ4n) is 2.39. The Morgan fingerprint density at radius 2 is 1.84 bits per heavy atom. The van der Waals surface area contributed by atoms with Crippen LogP contribution in [-0.2, 0) is 12.2 Å². The van der Waals surface area contributed by atoms with E-state index >= 15 is 0 Å². The van der Waals surface area contributed by atoms with Crippen molar-refractivity contribution in [3.8, 4) is 0 Å². The van der Waals surface area contributed by atoms with Gasteiger partial charge in [0.25, 0.3) is 5.91 Å². The first-order valence-electron chi connectivity index (χ1n) is 8.11. The highest BCUT2D eigenvalue weighted by atomic mass is 32.2. The highest BCUT2D eigenvalue weighted by molar-refractivity contribution is 7.98. The molecular weight excluding hydrogens is 330 g/mol. The fraction of sp³-hybridized carbons (Fsp3) is 0.150. The van der Waals surface area contributed by atoms with Crippen molar-refractivity contribution in [2.24, 2.45) is 0 Å². The third-order valence-electron chi connectivity index (χ3n) is 3.66. The second-order valence-corrected chi connectivity index (χ2v) is 6.52. The summed E-state index contributed by atoms with van der Waals surface area (Å²) in [5.41, 5.74) is 2.99. The molecule has 0 fully saturated rings. The minimum atomic E-state index is -0.0396. The molecule has 0 saturated heterocycles. The SMILES string of the molecule is O=C(NCCc1ccccc1)c1cccc(CSc2cnccn2)c1. The first kappa shape index (κ1) is 17.2. The fourth-order valence-corrected chi connectivity index (χ4v) is 3.15. The lowest BCUT2D eigenvalue weighted by Crippen LogP contribution is -2.25. The van der Waals surface area contributed by atoms with Gasteiger partial charge in [0.1, 0.15) is 5.03 Å². The maximum atomic E-state index is 12.3. The van der Waals surface area contributed by atoms with Crippen LogP contribution >= 0.6 is 11.8 Å². The van der Waals surface area contributed by atoms with Crippen LogP contribution in [0.25, 0.3) is 0 Å². The molecule has 5 heteroatoms. The van der Waals surface area contributed by atoms with Gasteiger partial charge < -0.3 is 5.32 Å². The quantitative estimate of drug-likeness (QED) is 0.660. The normalized spacial score (nSPS) is 10.4. The van der Waals surface area contributed by atoms with Crippen LogP contribution in [0.2, 0.25) is 0 Å². The number of aromatic nitrogens is 2. The molecule has 0 radical (unpaired) electrons. The number of carbonyl (C=O) groups excluding carboxylic acids is 1. The molecule has 0 aliphatic heterocycles. The lowest BCUT2D eigenvalue weighted by atomic mass is 10.1. The summed E-state index contributed by atoms with van der Waals surface area (Å²) in [4.78, 5) is 20.6. The van der Waals surface area contributed by atoms with E-state index in [1.165, 1.54) is 5.56 Å². The van der Waals surface area contributed by atoms with Crippen molar-refractivity contribution in [3.05, 3.63) is 89.9 Å². The molecule has 0 spiro atoms. The zero-order valence-corrected chi connectivity index (χ0v) is 14.6. The number of nitrogens with one attached hydrogen (secondary N) is 1. The zero-order chi connectivity index (χ0) is 17.3. The Balaban J connectivity index is 1.52. The van der Waals surface area contributed by atoms with Crippen LogP contribution in [0.4, 0.5) is 0 Å². The summed E-state index contributed by atoms with van der Waals surface area (Å²) in [5, 5.41) is 3.86. The van der Waals surface area contributed by atoms with Crippen molar-refractivity contribution in [1.82, 2.24) is 15.3 Å². The van der Waals surface area contributed by atoms with E-state index in [9.17, 15) is 4.79 Å². The molecule has 25 heavy (non-hydrogen) atoms. The van der Waals surface area contributed by atoms with Crippen molar-refractivity contribution >= 4 is 17.7 Å². The van der Waals surface area contributed by atoms with Crippen LogP contribution in [0.5, 0.6) is 0 Å². The number of carbonyl (C=O) groups is 1. The van der Waals surface area contributed by atoms with Gasteiger partial charge in [-0.1, -0.05) is 42.5 Å². The number of rotatable bonds is 7. The molecule has 0 saturated carbocycles. The zero-order valence-electron chi connectivity index (χ0n) is 13.8. The summed E-state index contributed by atoms with van der Waals surface area (Å²) in [6, 6.07) is 17.8. The molecule has 0 unspecified atom stereocenters. The van der Waals surface area contributed by atoms with Crippen molar-refractivity contribution in [3.63, 3.8) is 0 Å². The van der Waals surface area contributed by atoms with Gasteiger partial charge in [0.15, 0.2) is 0 Å². The number of thioether (sulfide) groups is 1. The van der Waals surface area contributed by atoms with Gasteiger partial charge in [-0.2, -0.15) is 0 Å². The first-order chi connectivity index (χ1) is 12.3. The third-order valence-corrected chi connectivity index (χ3v) is 4.64. The molecule has 1 heterocycles. The smallest absolute Gasteiger partial charge is 0.251 e. The molecule has 1 N–H and O–H groups in total. The predicted octanol–water partition coefficient (Wildman–Crippen LogP) is 3.74. The third kappa shape index (κ3) is 5.43. The standard InChI is InChI=1S/C20H19N3OS/c24-20(23-10-9-16-5-2-1-3-6-16)18-8-4-7-17(13-18)15-25-19-14-21-11-12-22-19/h1-8,11-14H,9-10,15H2,(H,23,24). The van der Waals surface area contributed by atoms with Gasteiger partial charge in [-0.25, -0.2) is 4.98 Å². The van der Waals surface area contributed by atoms with Crippen LogP contribution in [-0.4, -0.2) is 22.4 Å². The highest BCUT2D eigenvalue weighted by Gasteiger charge is 2.06. The Hall–Kier alpha value is -2.66. The van der Waals surface area contributed by atoms with Crippen molar-refractivity contribution in [2.75, 3.05) is 6.54 Å². The number of nitrogens with zero attached hydrogens (tertiary/aromatic N) is 2. The van der Waals surface area contributed by atoms with E-state index in [4.69, 9.17) is 0 Å². The topological polar surface area (TPSA) is 54.9 Å². The van der Waals surface area contributed by atoms with Crippen molar-refractivity contribution in [2.45, 2.75) is 17.2 Å². The molecule has 3 rings (SSSR count). The van der Waals surface area contributed by atoms with Gasteiger partial charge in [-0.05, 0) is 29.7 Å². The molecule has 0 aliphatic rings.